The van der Waals surface area contributed by atoms with Crippen LogP contribution in [0.15, 0.2) is 34.6 Å². The lowest BCUT2D eigenvalue weighted by molar-refractivity contribution is -0.137. The zero-order valence-corrected chi connectivity index (χ0v) is 14.1. The van der Waals surface area contributed by atoms with E-state index >= 15 is 0 Å². The van der Waals surface area contributed by atoms with E-state index in [4.69, 9.17) is 12.2 Å². The van der Waals surface area contributed by atoms with Gasteiger partial charge in [0, 0.05) is 10.4 Å². The minimum atomic E-state index is -4.54. The fraction of sp³-hybridized carbons (Fsp3) is 0.0667. The maximum absolute atomic E-state index is 13.9. The van der Waals surface area contributed by atoms with Gasteiger partial charge in [-0.15, -0.1) is 11.3 Å². The second-order valence-electron chi connectivity index (χ2n) is 4.78. The molecule has 1 saturated heterocycles. The zero-order chi connectivity index (χ0) is 17.5. The number of hydrogen-bond donors (Lipinski definition) is 1. The van der Waals surface area contributed by atoms with Crippen LogP contribution in [0.3, 0.4) is 0 Å². The first-order valence-corrected chi connectivity index (χ1v) is 8.55. The van der Waals surface area contributed by atoms with E-state index in [1.165, 1.54) is 17.4 Å². The van der Waals surface area contributed by atoms with Crippen LogP contribution in [-0.4, -0.2) is 10.2 Å². The van der Waals surface area contributed by atoms with Crippen molar-refractivity contribution in [2.24, 2.45) is 0 Å². The van der Waals surface area contributed by atoms with Gasteiger partial charge in [0.15, 0.2) is 0 Å². The van der Waals surface area contributed by atoms with Gasteiger partial charge < -0.3 is 5.32 Å². The first kappa shape index (κ1) is 17.1. The Labute approximate surface area is 147 Å². The average Bonchev–Trinajstić information content (AvgIpc) is 3.05. The molecule has 1 aromatic heterocycles. The zero-order valence-electron chi connectivity index (χ0n) is 11.6. The van der Waals surface area contributed by atoms with Crippen molar-refractivity contribution in [3.05, 3.63) is 50.8 Å². The van der Waals surface area contributed by atoms with Crippen LogP contribution in [0.5, 0.6) is 0 Å². The normalized spacial score (nSPS) is 16.8. The summed E-state index contributed by atoms with van der Waals surface area (Å²) in [5, 5.41) is 4.01. The molecule has 124 valence electrons. The highest BCUT2D eigenvalue weighted by Gasteiger charge is 2.31. The molecule has 9 heteroatoms. The molecule has 2 heterocycles. The second kappa shape index (κ2) is 6.30. The topological polar surface area (TPSA) is 29.1 Å². The Morgan fingerprint density at radius 2 is 1.96 bits per heavy atom. The summed E-state index contributed by atoms with van der Waals surface area (Å²) in [6.45, 7) is 0. The molecule has 1 N–H and O–H groups in total. The Balaban J connectivity index is 1.95. The van der Waals surface area contributed by atoms with Gasteiger partial charge in [0.05, 0.1) is 10.5 Å². The fourth-order valence-electron chi connectivity index (χ4n) is 2.04. The molecule has 3 rings (SSSR count). The Kier molecular flexibility index (Phi) is 4.50. The number of amides is 1. The average molecular weight is 389 g/mol. The quantitative estimate of drug-likeness (QED) is 0.442. The largest absolute Gasteiger partial charge is 0.416 e. The summed E-state index contributed by atoms with van der Waals surface area (Å²) in [4.78, 5) is 12.6. The molecule has 24 heavy (non-hydrogen) atoms. The van der Waals surface area contributed by atoms with Crippen molar-refractivity contribution in [1.82, 2.24) is 5.32 Å². The minimum absolute atomic E-state index is 0.134. The lowest BCUT2D eigenvalue weighted by Gasteiger charge is -2.08. The molecule has 0 saturated carbocycles. The smallest absolute Gasteiger partial charge is 0.307 e. The monoisotopic (exact) mass is 389 g/mol. The standard InChI is InChI=1S/C15H7F4NOS3/c16-11-2-1-8(15(17,18)19)4-10(11)7-3-9(23-6-7)5-12-13(21)20-14(22)24-12/h1-6H,(H,20,21,22)/b12-5-. The van der Waals surface area contributed by atoms with Gasteiger partial charge in [0.1, 0.15) is 10.1 Å². The molecule has 1 aliphatic rings. The maximum Gasteiger partial charge on any atom is 0.416 e. The van der Waals surface area contributed by atoms with Crippen LogP contribution in [0.2, 0.25) is 0 Å². The molecule has 1 fully saturated rings. The Morgan fingerprint density at radius 3 is 2.58 bits per heavy atom. The molecule has 2 aromatic rings. The molecule has 1 aliphatic heterocycles. The summed E-state index contributed by atoms with van der Waals surface area (Å²) >= 11 is 7.17. The van der Waals surface area contributed by atoms with E-state index in [1.807, 2.05) is 0 Å². The molecule has 0 spiro atoms. The van der Waals surface area contributed by atoms with E-state index in [2.05, 4.69) is 5.32 Å². The number of halogens is 4. The van der Waals surface area contributed by atoms with Gasteiger partial charge in [-0.05, 0) is 41.3 Å². The summed E-state index contributed by atoms with van der Waals surface area (Å²) in [7, 11) is 0. The number of alkyl halides is 3. The first-order chi connectivity index (χ1) is 11.2. The highest BCUT2D eigenvalue weighted by atomic mass is 32.2. The van der Waals surface area contributed by atoms with E-state index in [1.54, 1.807) is 11.5 Å². The lowest BCUT2D eigenvalue weighted by Crippen LogP contribution is -2.17. The highest BCUT2D eigenvalue weighted by Crippen LogP contribution is 2.36. The fourth-order valence-corrected chi connectivity index (χ4v) is 3.99. The summed E-state index contributed by atoms with van der Waals surface area (Å²) in [6, 6.07) is 3.81. The third-order valence-electron chi connectivity index (χ3n) is 3.14. The van der Waals surface area contributed by atoms with E-state index in [0.717, 1.165) is 23.9 Å². The molecule has 1 aromatic carbocycles. The van der Waals surface area contributed by atoms with E-state index in [-0.39, 0.29) is 11.5 Å². The number of nitrogens with one attached hydrogen (secondary N) is 1. The van der Waals surface area contributed by atoms with Gasteiger partial charge in [-0.3, -0.25) is 4.79 Å². The van der Waals surface area contributed by atoms with E-state index in [9.17, 15) is 22.4 Å². The van der Waals surface area contributed by atoms with Gasteiger partial charge in [0.2, 0.25) is 0 Å². The molecule has 0 unspecified atom stereocenters. The Morgan fingerprint density at radius 1 is 1.21 bits per heavy atom. The molecular formula is C15H7F4NOS3. The molecule has 0 atom stereocenters. The van der Waals surface area contributed by atoms with Crippen molar-refractivity contribution in [3.63, 3.8) is 0 Å². The predicted molar refractivity (Wildman–Crippen MR) is 91.0 cm³/mol. The number of carbonyl (C=O) groups excluding carboxylic acids is 1. The second-order valence-corrected chi connectivity index (χ2v) is 7.44. The van der Waals surface area contributed by atoms with Crippen LogP contribution < -0.4 is 5.32 Å². The van der Waals surface area contributed by atoms with Gasteiger partial charge in [-0.1, -0.05) is 24.0 Å². The number of hydrogen-bond acceptors (Lipinski definition) is 4. The lowest BCUT2D eigenvalue weighted by atomic mass is 10.0. The van der Waals surface area contributed by atoms with Crippen molar-refractivity contribution in [1.29, 1.82) is 0 Å². The van der Waals surface area contributed by atoms with E-state index in [0.29, 0.717) is 25.7 Å². The SMILES string of the molecule is O=C1NC(=S)S/C1=C\c1cc(-c2cc(C(F)(F)F)ccc2F)cs1. The molecule has 2 nitrogen and oxygen atoms in total. The minimum Gasteiger partial charge on any atom is -0.307 e. The maximum atomic E-state index is 13.9. The Hall–Kier alpha value is -1.71. The van der Waals surface area contributed by atoms with Crippen molar-refractivity contribution in [3.8, 4) is 11.1 Å². The number of benzene rings is 1. The van der Waals surface area contributed by atoms with Crippen molar-refractivity contribution < 1.29 is 22.4 Å². The number of rotatable bonds is 2. The van der Waals surface area contributed by atoms with Gasteiger partial charge in [-0.2, -0.15) is 13.2 Å². The summed E-state index contributed by atoms with van der Waals surface area (Å²) < 4.78 is 52.6. The van der Waals surface area contributed by atoms with Crippen LogP contribution >= 0.6 is 35.3 Å². The van der Waals surface area contributed by atoms with Gasteiger partial charge in [0.25, 0.3) is 5.91 Å². The number of thiophene rings is 1. The third kappa shape index (κ3) is 3.52. The Bertz CT molecular complexity index is 870. The predicted octanol–water partition coefficient (Wildman–Crippen LogP) is 5.06. The molecular weight excluding hydrogens is 382 g/mol. The molecule has 0 aliphatic carbocycles. The van der Waals surface area contributed by atoms with Crippen LogP contribution in [0.25, 0.3) is 17.2 Å². The summed E-state index contributed by atoms with van der Waals surface area (Å²) in [5.74, 6) is -1.07. The van der Waals surface area contributed by atoms with Crippen molar-refractivity contribution in [2.45, 2.75) is 6.18 Å². The van der Waals surface area contributed by atoms with Gasteiger partial charge in [-0.25, -0.2) is 4.39 Å². The third-order valence-corrected chi connectivity index (χ3v) is 5.18. The molecule has 0 radical (unpaired) electrons. The highest BCUT2D eigenvalue weighted by molar-refractivity contribution is 8.26. The number of thioether (sulfide) groups is 1. The molecule has 0 bridgehead atoms. The van der Waals surface area contributed by atoms with Crippen LogP contribution in [0.1, 0.15) is 10.4 Å². The van der Waals surface area contributed by atoms with Crippen molar-refractivity contribution >= 4 is 51.6 Å². The number of thiocarbonyl (C=S) groups is 1. The van der Waals surface area contributed by atoms with E-state index < -0.39 is 17.6 Å². The van der Waals surface area contributed by atoms with Gasteiger partial charge >= 0.3 is 6.18 Å². The van der Waals surface area contributed by atoms with Crippen LogP contribution in [0, 0.1) is 5.82 Å². The first-order valence-electron chi connectivity index (χ1n) is 6.44. The molecule has 1 amide bonds. The van der Waals surface area contributed by atoms with Crippen LogP contribution in [-0.2, 0) is 11.0 Å². The number of carbonyl (C=O) groups is 1. The van der Waals surface area contributed by atoms with Crippen molar-refractivity contribution in [2.75, 3.05) is 0 Å². The van der Waals surface area contributed by atoms with Crippen LogP contribution in [0.4, 0.5) is 17.6 Å². The summed E-state index contributed by atoms with van der Waals surface area (Å²) in [5.41, 5.74) is -0.729. The summed E-state index contributed by atoms with van der Waals surface area (Å²) in [6.07, 6.45) is -2.98.